The molecule has 0 saturated carbocycles. The summed E-state index contributed by atoms with van der Waals surface area (Å²) in [6.07, 6.45) is 0.855. The first-order chi connectivity index (χ1) is 10.7. The van der Waals surface area contributed by atoms with Gasteiger partial charge in [-0.1, -0.05) is 20.8 Å². The standard InChI is InChI=1S/C17H37NO5S/c1-14(16(2,3)4)23-15(13-22-11-10-21-8)12-18(17(5,6)7)24(9,19)20/h14-15H,10-13H2,1-9H3/t14?,15-/m0/s1. The van der Waals surface area contributed by atoms with Crippen molar-refractivity contribution in [1.82, 2.24) is 4.31 Å². The highest BCUT2D eigenvalue weighted by molar-refractivity contribution is 7.88. The van der Waals surface area contributed by atoms with Gasteiger partial charge < -0.3 is 14.2 Å². The first kappa shape index (κ1) is 23.8. The van der Waals surface area contributed by atoms with Gasteiger partial charge in [-0.2, -0.15) is 4.31 Å². The second kappa shape index (κ2) is 9.48. The van der Waals surface area contributed by atoms with E-state index in [9.17, 15) is 8.42 Å². The summed E-state index contributed by atoms with van der Waals surface area (Å²) in [5, 5.41) is 0. The molecule has 0 amide bonds. The molecule has 7 heteroatoms. The Balaban J connectivity index is 5.14. The van der Waals surface area contributed by atoms with Gasteiger partial charge >= 0.3 is 0 Å². The van der Waals surface area contributed by atoms with Gasteiger partial charge in [0.25, 0.3) is 0 Å². The normalized spacial score (nSPS) is 16.4. The molecule has 2 atom stereocenters. The van der Waals surface area contributed by atoms with Crippen LogP contribution in [0.15, 0.2) is 0 Å². The molecule has 0 aromatic carbocycles. The third-order valence-electron chi connectivity index (χ3n) is 3.87. The van der Waals surface area contributed by atoms with Crippen molar-refractivity contribution in [2.45, 2.75) is 66.2 Å². The molecule has 0 N–H and O–H groups in total. The molecule has 0 bridgehead atoms. The minimum absolute atomic E-state index is 0.0325. The molecule has 24 heavy (non-hydrogen) atoms. The maximum Gasteiger partial charge on any atom is 0.211 e. The highest BCUT2D eigenvalue weighted by Gasteiger charge is 2.34. The fourth-order valence-corrected chi connectivity index (χ4v) is 3.51. The Kier molecular flexibility index (Phi) is 9.39. The number of sulfonamides is 1. The summed E-state index contributed by atoms with van der Waals surface area (Å²) in [4.78, 5) is 0. The van der Waals surface area contributed by atoms with Gasteiger partial charge in [0.05, 0.1) is 38.3 Å². The molecule has 146 valence electrons. The zero-order valence-electron chi connectivity index (χ0n) is 16.9. The maximum atomic E-state index is 12.2. The molecule has 0 aliphatic heterocycles. The average Bonchev–Trinajstić information content (AvgIpc) is 2.36. The summed E-state index contributed by atoms with van der Waals surface area (Å²) in [5.74, 6) is 0. The number of hydrogen-bond acceptors (Lipinski definition) is 5. The summed E-state index contributed by atoms with van der Waals surface area (Å²) >= 11 is 0. The summed E-state index contributed by atoms with van der Waals surface area (Å²) in [5.41, 5.74) is -0.560. The van der Waals surface area contributed by atoms with Crippen molar-refractivity contribution in [3.05, 3.63) is 0 Å². The number of methoxy groups -OCH3 is 1. The lowest BCUT2D eigenvalue weighted by Crippen LogP contribution is -2.51. The van der Waals surface area contributed by atoms with Crippen molar-refractivity contribution in [3.8, 4) is 0 Å². The molecule has 0 spiro atoms. The van der Waals surface area contributed by atoms with Crippen molar-refractivity contribution in [2.24, 2.45) is 5.41 Å². The predicted octanol–water partition coefficient (Wildman–Crippen LogP) is 2.53. The Morgan fingerprint density at radius 1 is 1.04 bits per heavy atom. The summed E-state index contributed by atoms with van der Waals surface area (Å²) in [6, 6.07) is 0. The molecule has 0 radical (unpaired) electrons. The SMILES string of the molecule is COCCOC[C@H](CN(C(C)(C)C)S(C)(=O)=O)OC(C)C(C)(C)C. The molecule has 0 aliphatic rings. The molecule has 0 aliphatic carbocycles. The summed E-state index contributed by atoms with van der Waals surface area (Å²) in [7, 11) is -1.74. The van der Waals surface area contributed by atoms with Crippen LogP contribution in [-0.2, 0) is 24.2 Å². The van der Waals surface area contributed by atoms with Crippen molar-refractivity contribution < 1.29 is 22.6 Å². The van der Waals surface area contributed by atoms with Crippen LogP contribution >= 0.6 is 0 Å². The first-order valence-electron chi connectivity index (χ1n) is 8.39. The number of ether oxygens (including phenoxy) is 3. The lowest BCUT2D eigenvalue weighted by Gasteiger charge is -2.38. The highest BCUT2D eigenvalue weighted by atomic mass is 32.2. The van der Waals surface area contributed by atoms with E-state index in [1.54, 1.807) is 7.11 Å². The second-order valence-corrected chi connectivity index (χ2v) is 10.2. The zero-order valence-corrected chi connectivity index (χ0v) is 17.7. The van der Waals surface area contributed by atoms with Gasteiger partial charge in [0, 0.05) is 19.2 Å². The molecule has 0 heterocycles. The summed E-state index contributed by atoms with van der Waals surface area (Å²) < 4.78 is 42.6. The van der Waals surface area contributed by atoms with Gasteiger partial charge in [0.15, 0.2) is 0 Å². The minimum atomic E-state index is -3.35. The lowest BCUT2D eigenvalue weighted by atomic mass is 9.90. The van der Waals surface area contributed by atoms with Crippen molar-refractivity contribution in [3.63, 3.8) is 0 Å². The van der Waals surface area contributed by atoms with Crippen LogP contribution in [0.2, 0.25) is 0 Å². The monoisotopic (exact) mass is 367 g/mol. The highest BCUT2D eigenvalue weighted by Crippen LogP contribution is 2.25. The predicted molar refractivity (Wildman–Crippen MR) is 97.8 cm³/mol. The third-order valence-corrected chi connectivity index (χ3v) is 5.37. The second-order valence-electron chi connectivity index (χ2n) is 8.30. The quantitative estimate of drug-likeness (QED) is 0.555. The Bertz CT molecular complexity index is 451. The Morgan fingerprint density at radius 3 is 1.96 bits per heavy atom. The first-order valence-corrected chi connectivity index (χ1v) is 10.2. The van der Waals surface area contributed by atoms with Gasteiger partial charge in [-0.3, -0.25) is 0 Å². The fraction of sp³-hybridized carbons (Fsp3) is 1.00. The van der Waals surface area contributed by atoms with E-state index in [1.165, 1.54) is 10.6 Å². The van der Waals surface area contributed by atoms with E-state index in [4.69, 9.17) is 14.2 Å². The van der Waals surface area contributed by atoms with E-state index in [-0.39, 0.29) is 24.2 Å². The van der Waals surface area contributed by atoms with Crippen LogP contribution in [0.1, 0.15) is 48.5 Å². The molecule has 0 rings (SSSR count). The van der Waals surface area contributed by atoms with Crippen LogP contribution in [0.4, 0.5) is 0 Å². The van der Waals surface area contributed by atoms with E-state index in [0.29, 0.717) is 19.8 Å². The van der Waals surface area contributed by atoms with Crippen LogP contribution in [0.5, 0.6) is 0 Å². The van der Waals surface area contributed by atoms with Crippen LogP contribution < -0.4 is 0 Å². The molecule has 0 aromatic heterocycles. The molecule has 1 unspecified atom stereocenters. The van der Waals surface area contributed by atoms with Crippen molar-refractivity contribution in [1.29, 1.82) is 0 Å². The molecular weight excluding hydrogens is 330 g/mol. The van der Waals surface area contributed by atoms with E-state index in [2.05, 4.69) is 20.8 Å². The molecule has 0 fully saturated rings. The minimum Gasteiger partial charge on any atom is -0.382 e. The number of nitrogens with zero attached hydrogens (tertiary/aromatic N) is 1. The fourth-order valence-electron chi connectivity index (χ4n) is 2.08. The maximum absolute atomic E-state index is 12.2. The van der Waals surface area contributed by atoms with Gasteiger partial charge in [-0.25, -0.2) is 8.42 Å². The van der Waals surface area contributed by atoms with Crippen molar-refractivity contribution in [2.75, 3.05) is 39.7 Å². The van der Waals surface area contributed by atoms with Gasteiger partial charge in [0.2, 0.25) is 10.0 Å². The van der Waals surface area contributed by atoms with Gasteiger partial charge in [-0.15, -0.1) is 0 Å². The van der Waals surface area contributed by atoms with Gasteiger partial charge in [-0.05, 0) is 33.1 Å². The molecule has 6 nitrogen and oxygen atoms in total. The number of hydrogen-bond donors (Lipinski definition) is 0. The molecule has 0 aromatic rings. The Labute approximate surface area is 148 Å². The molecular formula is C17H37NO5S. The Hall–Kier alpha value is -0.210. The van der Waals surface area contributed by atoms with E-state index >= 15 is 0 Å². The van der Waals surface area contributed by atoms with Crippen LogP contribution in [-0.4, -0.2) is 70.2 Å². The lowest BCUT2D eigenvalue weighted by molar-refractivity contribution is -0.0975. The van der Waals surface area contributed by atoms with Crippen molar-refractivity contribution >= 4 is 10.0 Å². The zero-order chi connectivity index (χ0) is 19.2. The van der Waals surface area contributed by atoms with E-state index < -0.39 is 15.6 Å². The van der Waals surface area contributed by atoms with E-state index in [0.717, 1.165) is 0 Å². The topological polar surface area (TPSA) is 65.1 Å². The largest absolute Gasteiger partial charge is 0.382 e. The number of rotatable bonds is 10. The third kappa shape index (κ3) is 9.32. The van der Waals surface area contributed by atoms with Gasteiger partial charge in [0.1, 0.15) is 0 Å². The van der Waals surface area contributed by atoms with E-state index in [1.807, 2.05) is 27.7 Å². The van der Waals surface area contributed by atoms with Crippen LogP contribution in [0.3, 0.4) is 0 Å². The van der Waals surface area contributed by atoms with Crippen LogP contribution in [0, 0.1) is 5.41 Å². The molecule has 0 saturated heterocycles. The van der Waals surface area contributed by atoms with Crippen LogP contribution in [0.25, 0.3) is 0 Å². The Morgan fingerprint density at radius 2 is 1.58 bits per heavy atom. The summed E-state index contributed by atoms with van der Waals surface area (Å²) in [6.45, 7) is 15.5. The average molecular weight is 368 g/mol. The smallest absolute Gasteiger partial charge is 0.211 e.